The van der Waals surface area contributed by atoms with Gasteiger partial charge in [-0.15, -0.1) is 0 Å². The number of urea groups is 1. The zero-order valence-electron chi connectivity index (χ0n) is 6.06. The Bertz CT molecular complexity index is 176. The van der Waals surface area contributed by atoms with Gasteiger partial charge in [-0.1, -0.05) is 13.8 Å². The molecular formula is C6H11N3O. The molecule has 1 heterocycles. The van der Waals surface area contributed by atoms with E-state index in [0.29, 0.717) is 0 Å². The highest BCUT2D eigenvalue weighted by molar-refractivity contribution is 6.05. The highest BCUT2D eigenvalue weighted by Crippen LogP contribution is 2.05. The fourth-order valence-corrected chi connectivity index (χ4v) is 0.950. The maximum atomic E-state index is 10.6. The molecule has 1 fully saturated rings. The molecule has 1 atom stereocenters. The topological polar surface area (TPSA) is 65.0 Å². The number of carbonyl (C=O) groups excluding carboxylic acids is 1. The second-order valence-electron chi connectivity index (χ2n) is 2.73. The molecule has 10 heavy (non-hydrogen) atoms. The Morgan fingerprint density at radius 2 is 2.20 bits per heavy atom. The zero-order valence-corrected chi connectivity index (χ0v) is 6.06. The number of nitrogens with one attached hydrogen (secondary N) is 3. The maximum absolute atomic E-state index is 10.6. The summed E-state index contributed by atoms with van der Waals surface area (Å²) in [6, 6.07) is -0.379. The molecule has 1 unspecified atom stereocenters. The van der Waals surface area contributed by atoms with Crippen molar-refractivity contribution in [2.24, 2.45) is 5.92 Å². The van der Waals surface area contributed by atoms with E-state index in [1.165, 1.54) is 0 Å². The average Bonchev–Trinajstić information content (AvgIpc) is 2.10. The monoisotopic (exact) mass is 141 g/mol. The molecule has 4 nitrogen and oxygen atoms in total. The second kappa shape index (κ2) is 2.28. The molecule has 1 rings (SSSR count). The van der Waals surface area contributed by atoms with Gasteiger partial charge in [-0.2, -0.15) is 0 Å². The van der Waals surface area contributed by atoms with Gasteiger partial charge in [-0.05, 0) is 5.92 Å². The first-order chi connectivity index (χ1) is 4.61. The van der Waals surface area contributed by atoms with E-state index in [1.807, 2.05) is 13.8 Å². The van der Waals surface area contributed by atoms with Crippen LogP contribution >= 0.6 is 0 Å². The molecule has 1 aliphatic heterocycles. The molecule has 2 amide bonds. The van der Waals surface area contributed by atoms with Gasteiger partial charge < -0.3 is 5.32 Å². The van der Waals surface area contributed by atoms with Gasteiger partial charge in [0.1, 0.15) is 5.84 Å². The molecule has 0 aromatic carbocycles. The lowest BCUT2D eigenvalue weighted by atomic mass is 10.1. The smallest absolute Gasteiger partial charge is 0.320 e. The van der Waals surface area contributed by atoms with E-state index in [1.54, 1.807) is 0 Å². The van der Waals surface area contributed by atoms with Gasteiger partial charge in [-0.3, -0.25) is 10.7 Å². The number of amides is 2. The summed E-state index contributed by atoms with van der Waals surface area (Å²) in [5.41, 5.74) is 0. The molecule has 0 saturated carbocycles. The van der Waals surface area contributed by atoms with E-state index in [-0.39, 0.29) is 23.8 Å². The minimum absolute atomic E-state index is 0.118. The molecule has 3 N–H and O–H groups in total. The van der Waals surface area contributed by atoms with Crippen molar-refractivity contribution >= 4 is 11.9 Å². The summed E-state index contributed by atoms with van der Waals surface area (Å²) in [6.45, 7) is 3.93. The molecule has 0 bridgehead atoms. The number of rotatable bonds is 1. The molecular weight excluding hydrogens is 130 g/mol. The van der Waals surface area contributed by atoms with Crippen LogP contribution in [0.4, 0.5) is 4.79 Å². The van der Waals surface area contributed by atoms with Crippen molar-refractivity contribution in [1.82, 2.24) is 10.6 Å². The predicted molar refractivity (Wildman–Crippen MR) is 38.0 cm³/mol. The van der Waals surface area contributed by atoms with Crippen molar-refractivity contribution < 1.29 is 4.79 Å². The Balaban J connectivity index is 2.63. The van der Waals surface area contributed by atoms with Crippen LogP contribution in [0.25, 0.3) is 0 Å². The Morgan fingerprint density at radius 3 is 2.40 bits per heavy atom. The molecule has 0 spiro atoms. The fraction of sp³-hybridized carbons (Fsp3) is 0.667. The van der Waals surface area contributed by atoms with Gasteiger partial charge in [0.15, 0.2) is 0 Å². The summed E-state index contributed by atoms with van der Waals surface area (Å²) in [5, 5.41) is 12.3. The Kier molecular flexibility index (Phi) is 1.61. The van der Waals surface area contributed by atoms with Crippen LogP contribution in [0.15, 0.2) is 0 Å². The van der Waals surface area contributed by atoms with Gasteiger partial charge in [-0.25, -0.2) is 4.79 Å². The molecule has 1 aliphatic rings. The fourth-order valence-electron chi connectivity index (χ4n) is 0.950. The van der Waals surface area contributed by atoms with Crippen LogP contribution in [0.5, 0.6) is 0 Å². The van der Waals surface area contributed by atoms with Crippen LogP contribution in [-0.4, -0.2) is 17.9 Å². The maximum Gasteiger partial charge on any atom is 0.320 e. The van der Waals surface area contributed by atoms with Crippen molar-refractivity contribution in [3.8, 4) is 0 Å². The second-order valence-corrected chi connectivity index (χ2v) is 2.73. The lowest BCUT2D eigenvalue weighted by Crippen LogP contribution is -2.33. The average molecular weight is 141 g/mol. The number of hydrogen-bond acceptors (Lipinski definition) is 2. The first-order valence-corrected chi connectivity index (χ1v) is 3.27. The summed E-state index contributed by atoms with van der Waals surface area (Å²) in [4.78, 5) is 10.6. The minimum atomic E-state index is -0.260. The molecule has 56 valence electrons. The summed E-state index contributed by atoms with van der Waals surface area (Å²) in [6.07, 6.45) is 0. The number of hydrogen-bond donors (Lipinski definition) is 3. The lowest BCUT2D eigenvalue weighted by molar-refractivity contribution is 0.246. The highest BCUT2D eigenvalue weighted by Gasteiger charge is 2.28. The quantitative estimate of drug-likeness (QED) is 0.483. The number of carbonyl (C=O) groups is 1. The Hall–Kier alpha value is -1.06. The summed E-state index contributed by atoms with van der Waals surface area (Å²) < 4.78 is 0. The largest absolute Gasteiger partial charge is 0.328 e. The predicted octanol–water partition coefficient (Wildman–Crippen LogP) is 0.301. The van der Waals surface area contributed by atoms with Crippen LogP contribution in [0.3, 0.4) is 0 Å². The van der Waals surface area contributed by atoms with Gasteiger partial charge in [0, 0.05) is 0 Å². The van der Waals surface area contributed by atoms with Crippen molar-refractivity contribution in [2.75, 3.05) is 0 Å². The molecule has 0 aromatic heterocycles. The standard InChI is InChI=1S/C6H11N3O/c1-3(2)4-5(7)9-6(10)8-4/h3-4H,1-2H3,(H3,7,8,9,10). The normalized spacial score (nSPS) is 24.9. The van der Waals surface area contributed by atoms with Crippen molar-refractivity contribution in [3.05, 3.63) is 0 Å². The van der Waals surface area contributed by atoms with E-state index in [0.717, 1.165) is 0 Å². The van der Waals surface area contributed by atoms with Crippen LogP contribution in [-0.2, 0) is 0 Å². The summed E-state index contributed by atoms with van der Waals surface area (Å²) in [5.74, 6) is 0.562. The molecule has 0 aliphatic carbocycles. The van der Waals surface area contributed by atoms with Crippen LogP contribution in [0.2, 0.25) is 0 Å². The minimum Gasteiger partial charge on any atom is -0.328 e. The van der Waals surface area contributed by atoms with Gasteiger partial charge >= 0.3 is 6.03 Å². The number of amidine groups is 1. The van der Waals surface area contributed by atoms with Gasteiger partial charge in [0.2, 0.25) is 0 Å². The van der Waals surface area contributed by atoms with Crippen molar-refractivity contribution in [3.63, 3.8) is 0 Å². The first kappa shape index (κ1) is 7.05. The first-order valence-electron chi connectivity index (χ1n) is 3.27. The lowest BCUT2D eigenvalue weighted by Gasteiger charge is -2.11. The summed E-state index contributed by atoms with van der Waals surface area (Å²) in [7, 11) is 0. The molecule has 1 saturated heterocycles. The molecule has 0 aromatic rings. The van der Waals surface area contributed by atoms with Crippen LogP contribution in [0.1, 0.15) is 13.8 Å². The van der Waals surface area contributed by atoms with Gasteiger partial charge in [0.25, 0.3) is 0 Å². The summed E-state index contributed by atoms with van der Waals surface area (Å²) >= 11 is 0. The Labute approximate surface area is 59.5 Å². The molecule has 4 heteroatoms. The van der Waals surface area contributed by atoms with E-state index in [9.17, 15) is 4.79 Å². The zero-order chi connectivity index (χ0) is 7.72. The van der Waals surface area contributed by atoms with E-state index in [2.05, 4.69) is 10.6 Å². The van der Waals surface area contributed by atoms with Crippen LogP contribution < -0.4 is 10.6 Å². The van der Waals surface area contributed by atoms with E-state index in [4.69, 9.17) is 5.41 Å². The highest BCUT2D eigenvalue weighted by atomic mass is 16.2. The molecule has 0 radical (unpaired) electrons. The third kappa shape index (κ3) is 1.10. The third-order valence-electron chi connectivity index (χ3n) is 1.51. The third-order valence-corrected chi connectivity index (χ3v) is 1.51. The van der Waals surface area contributed by atoms with Gasteiger partial charge in [0.05, 0.1) is 6.04 Å². The SMILES string of the molecule is CC(C)C1NC(=O)NC1=N. The van der Waals surface area contributed by atoms with Crippen LogP contribution in [0, 0.1) is 11.3 Å². The van der Waals surface area contributed by atoms with Crippen molar-refractivity contribution in [2.45, 2.75) is 19.9 Å². The Morgan fingerprint density at radius 1 is 1.60 bits per heavy atom. The van der Waals surface area contributed by atoms with E-state index >= 15 is 0 Å². The van der Waals surface area contributed by atoms with E-state index < -0.39 is 0 Å². The van der Waals surface area contributed by atoms with Crippen molar-refractivity contribution in [1.29, 1.82) is 5.41 Å².